The summed E-state index contributed by atoms with van der Waals surface area (Å²) in [5.74, 6) is -0.377. The van der Waals surface area contributed by atoms with Crippen LogP contribution in [0.4, 0.5) is 19.3 Å². The van der Waals surface area contributed by atoms with Crippen molar-refractivity contribution < 1.29 is 27.8 Å². The summed E-state index contributed by atoms with van der Waals surface area (Å²) in [6, 6.07) is 12.5. The molecule has 0 N–H and O–H groups in total. The average Bonchev–Trinajstić information content (AvgIpc) is 3.18. The number of rotatable bonds is 9. The van der Waals surface area contributed by atoms with Gasteiger partial charge in [0.05, 0.1) is 18.9 Å². The molecule has 2 aromatic rings. The first kappa shape index (κ1) is 28.2. The number of hydrogen-bond acceptors (Lipinski definition) is 5. The maximum absolute atomic E-state index is 14.7. The van der Waals surface area contributed by atoms with E-state index >= 15 is 0 Å². The van der Waals surface area contributed by atoms with Gasteiger partial charge >= 0.3 is 6.09 Å². The van der Waals surface area contributed by atoms with E-state index in [-0.39, 0.29) is 24.2 Å². The molecule has 1 aliphatic heterocycles. The van der Waals surface area contributed by atoms with Gasteiger partial charge in [0.15, 0.2) is 0 Å². The zero-order valence-corrected chi connectivity index (χ0v) is 21.2. The monoisotopic (exact) mass is 490 g/mol. The maximum Gasteiger partial charge on any atom is 0.414 e. The van der Waals surface area contributed by atoms with Crippen molar-refractivity contribution in [2.75, 3.05) is 31.7 Å². The topological polar surface area (TPSA) is 59.1 Å². The molecule has 35 heavy (non-hydrogen) atoms. The largest absolute Gasteiger partial charge is 0.462 e. The summed E-state index contributed by atoms with van der Waals surface area (Å²) < 4.78 is 36.8. The number of carbonyl (C=O) groups is 2. The van der Waals surface area contributed by atoms with Crippen molar-refractivity contribution in [3.63, 3.8) is 0 Å². The Labute approximate surface area is 206 Å². The molecule has 1 heterocycles. The van der Waals surface area contributed by atoms with Gasteiger partial charge < -0.3 is 14.4 Å². The fraction of sp³-hybridized carbons (Fsp3) is 0.481. The van der Waals surface area contributed by atoms with Gasteiger partial charge in [-0.25, -0.2) is 9.18 Å². The average molecular weight is 491 g/mol. The molecule has 192 valence electrons. The molecule has 0 aliphatic carbocycles. The lowest BCUT2D eigenvalue weighted by Crippen LogP contribution is -2.24. The third-order valence-electron chi connectivity index (χ3n) is 5.39. The summed E-state index contributed by atoms with van der Waals surface area (Å²) in [6.07, 6.45) is 0.680. The first-order chi connectivity index (χ1) is 16.6. The van der Waals surface area contributed by atoms with Crippen molar-refractivity contribution in [2.24, 2.45) is 0 Å². The number of benzene rings is 2. The predicted molar refractivity (Wildman–Crippen MR) is 134 cm³/mol. The molecule has 6 nitrogen and oxygen atoms in total. The molecule has 1 unspecified atom stereocenters. The molecule has 1 fully saturated rings. The first-order valence-corrected chi connectivity index (χ1v) is 11.8. The summed E-state index contributed by atoms with van der Waals surface area (Å²) >= 11 is 0. The Balaban J connectivity index is 0.000000540. The minimum Gasteiger partial charge on any atom is -0.462 e. The van der Waals surface area contributed by atoms with E-state index in [2.05, 4.69) is 9.64 Å². The zero-order valence-electron chi connectivity index (χ0n) is 21.2. The van der Waals surface area contributed by atoms with Gasteiger partial charge in [-0.3, -0.25) is 14.1 Å². The second-order valence-electron chi connectivity index (χ2n) is 9.49. The van der Waals surface area contributed by atoms with Gasteiger partial charge in [-0.15, -0.1) is 0 Å². The Morgan fingerprint density at radius 1 is 1.20 bits per heavy atom. The molecular weight excluding hydrogens is 454 g/mol. The highest BCUT2D eigenvalue weighted by Gasteiger charge is 2.31. The Bertz CT molecular complexity index is 961. The number of amides is 1. The first-order valence-electron chi connectivity index (χ1n) is 11.8. The van der Waals surface area contributed by atoms with Gasteiger partial charge in [-0.05, 0) is 70.0 Å². The second kappa shape index (κ2) is 13.2. The Morgan fingerprint density at radius 2 is 1.89 bits per heavy atom. The van der Waals surface area contributed by atoms with Crippen LogP contribution in [-0.2, 0) is 20.8 Å². The van der Waals surface area contributed by atoms with E-state index in [0.717, 1.165) is 24.1 Å². The van der Waals surface area contributed by atoms with E-state index in [1.54, 1.807) is 12.1 Å². The van der Waals surface area contributed by atoms with Crippen LogP contribution in [0.2, 0.25) is 0 Å². The minimum atomic E-state index is -0.430. The molecule has 0 saturated carbocycles. The number of nitrogens with zero attached hydrogens (tertiary/aromatic N) is 2. The molecule has 2 aromatic carbocycles. The number of cyclic esters (lactones) is 1. The molecule has 0 spiro atoms. The van der Waals surface area contributed by atoms with Crippen LogP contribution < -0.4 is 4.90 Å². The van der Waals surface area contributed by atoms with E-state index in [4.69, 9.17) is 4.74 Å². The standard InChI is InChI=1S/C22H26F2N2O2.C5H10O2/c1-3-19-15-26(22(27)28-19)18-9-10-20(21(24)13-18)17-7-5-16(6-8-17)14-25(2)12-4-11-23;1-5(2,3)7-4-6/h5-10,13,19H,3-4,11-12,14-15H2,1-2H3;4H,1-3H3. The van der Waals surface area contributed by atoms with Crippen LogP contribution in [0.5, 0.6) is 0 Å². The van der Waals surface area contributed by atoms with Gasteiger partial charge in [0, 0.05) is 18.7 Å². The van der Waals surface area contributed by atoms with E-state index in [0.29, 0.717) is 37.2 Å². The number of ether oxygens (including phenoxy) is 2. The van der Waals surface area contributed by atoms with Crippen LogP contribution in [0.3, 0.4) is 0 Å². The smallest absolute Gasteiger partial charge is 0.414 e. The Morgan fingerprint density at radius 3 is 2.37 bits per heavy atom. The molecule has 1 atom stereocenters. The molecule has 0 bridgehead atoms. The maximum atomic E-state index is 14.7. The van der Waals surface area contributed by atoms with Crippen LogP contribution >= 0.6 is 0 Å². The van der Waals surface area contributed by atoms with Gasteiger partial charge in [0.25, 0.3) is 6.47 Å². The van der Waals surface area contributed by atoms with Crippen LogP contribution in [0.15, 0.2) is 42.5 Å². The van der Waals surface area contributed by atoms with E-state index in [1.807, 2.05) is 59.0 Å². The lowest BCUT2D eigenvalue weighted by atomic mass is 10.0. The van der Waals surface area contributed by atoms with Gasteiger partial charge in [0.2, 0.25) is 0 Å². The van der Waals surface area contributed by atoms with E-state index in [1.165, 1.54) is 11.0 Å². The van der Waals surface area contributed by atoms with Crippen LogP contribution in [0, 0.1) is 5.82 Å². The summed E-state index contributed by atoms with van der Waals surface area (Å²) in [5.41, 5.74) is 2.54. The van der Waals surface area contributed by atoms with Crippen molar-refractivity contribution in [1.82, 2.24) is 4.90 Å². The fourth-order valence-corrected chi connectivity index (χ4v) is 3.51. The molecule has 1 saturated heterocycles. The summed E-state index contributed by atoms with van der Waals surface area (Å²) in [6.45, 7) is 9.42. The van der Waals surface area contributed by atoms with Crippen molar-refractivity contribution in [2.45, 2.75) is 58.8 Å². The summed E-state index contributed by atoms with van der Waals surface area (Å²) in [5, 5.41) is 0. The lowest BCUT2D eigenvalue weighted by Gasteiger charge is -2.16. The van der Waals surface area contributed by atoms with Crippen molar-refractivity contribution in [1.29, 1.82) is 0 Å². The van der Waals surface area contributed by atoms with Crippen molar-refractivity contribution in [3.05, 3.63) is 53.8 Å². The van der Waals surface area contributed by atoms with Crippen LogP contribution in [0.25, 0.3) is 11.1 Å². The molecule has 3 rings (SSSR count). The quantitative estimate of drug-likeness (QED) is 0.405. The Kier molecular flexibility index (Phi) is 10.6. The minimum absolute atomic E-state index is 0.147. The third kappa shape index (κ3) is 8.94. The van der Waals surface area contributed by atoms with Gasteiger partial charge in [0.1, 0.15) is 17.5 Å². The normalized spacial score (nSPS) is 15.5. The van der Waals surface area contributed by atoms with E-state index in [9.17, 15) is 18.4 Å². The highest BCUT2D eigenvalue weighted by Crippen LogP contribution is 2.29. The van der Waals surface area contributed by atoms with Gasteiger partial charge in [-0.1, -0.05) is 31.2 Å². The van der Waals surface area contributed by atoms with Crippen molar-refractivity contribution in [3.8, 4) is 11.1 Å². The number of halogens is 2. The summed E-state index contributed by atoms with van der Waals surface area (Å²) in [4.78, 5) is 25.1. The molecule has 0 aromatic heterocycles. The molecule has 8 heteroatoms. The summed E-state index contributed by atoms with van der Waals surface area (Å²) in [7, 11) is 1.95. The highest BCUT2D eigenvalue weighted by atomic mass is 19.1. The second-order valence-corrected chi connectivity index (χ2v) is 9.49. The van der Waals surface area contributed by atoms with Crippen LogP contribution in [-0.4, -0.2) is 56.0 Å². The lowest BCUT2D eigenvalue weighted by molar-refractivity contribution is -0.138. The molecular formula is C27H36F2N2O4. The van der Waals surface area contributed by atoms with E-state index < -0.39 is 6.09 Å². The fourth-order valence-electron chi connectivity index (χ4n) is 3.51. The molecule has 1 amide bonds. The number of hydrogen-bond donors (Lipinski definition) is 0. The number of carbonyl (C=O) groups excluding carboxylic acids is 2. The SMILES string of the molecule is CC(C)(C)OC=O.CCC1CN(c2ccc(-c3ccc(CN(C)CCCF)cc3)c(F)c2)C(=O)O1. The number of anilines is 1. The molecule has 1 aliphatic rings. The predicted octanol–water partition coefficient (Wildman–Crippen LogP) is 5.98. The zero-order chi connectivity index (χ0) is 26.0. The van der Waals surface area contributed by atoms with Gasteiger partial charge in [-0.2, -0.15) is 0 Å². The van der Waals surface area contributed by atoms with Crippen LogP contribution in [0.1, 0.15) is 46.1 Å². The van der Waals surface area contributed by atoms with Crippen molar-refractivity contribution >= 4 is 18.3 Å². The third-order valence-corrected chi connectivity index (χ3v) is 5.39. The number of alkyl halides is 1. The molecule has 0 radical (unpaired) electrons. The highest BCUT2D eigenvalue weighted by molar-refractivity contribution is 5.90. The Hall–Kier alpha value is -3.00.